The maximum absolute atomic E-state index is 5.27. The van der Waals surface area contributed by atoms with Crippen molar-refractivity contribution in [2.24, 2.45) is 0 Å². The maximum atomic E-state index is 5.27. The second kappa shape index (κ2) is 4.35. The van der Waals surface area contributed by atoms with Gasteiger partial charge in [0.15, 0.2) is 5.58 Å². The van der Waals surface area contributed by atoms with Gasteiger partial charge >= 0.3 is 0 Å². The zero-order valence-electron chi connectivity index (χ0n) is 8.96. The summed E-state index contributed by atoms with van der Waals surface area (Å²) >= 11 is 3.42. The van der Waals surface area contributed by atoms with Gasteiger partial charge in [0.25, 0.3) is 0 Å². The quantitative estimate of drug-likeness (QED) is 0.789. The summed E-state index contributed by atoms with van der Waals surface area (Å²) in [7, 11) is 0. The number of halogens is 1. The fourth-order valence-corrected chi connectivity index (χ4v) is 2.01. The van der Waals surface area contributed by atoms with Gasteiger partial charge in [-0.1, -0.05) is 41.0 Å². The molecule has 0 saturated carbocycles. The molecule has 0 fully saturated rings. The van der Waals surface area contributed by atoms with E-state index in [2.05, 4.69) is 47.1 Å². The van der Waals surface area contributed by atoms with Crippen molar-refractivity contribution in [3.05, 3.63) is 29.5 Å². The standard InChI is InChI=1S/C12H14BrNO/c1-8(2)9-3-4-12-10(7-9)11(5-6-13)14-15-12/h3-4,7-8H,5-6H2,1-2H3. The van der Waals surface area contributed by atoms with Gasteiger partial charge in [-0.3, -0.25) is 0 Å². The first-order valence-electron chi connectivity index (χ1n) is 5.16. The highest BCUT2D eigenvalue weighted by atomic mass is 79.9. The monoisotopic (exact) mass is 267 g/mol. The molecule has 3 heteroatoms. The lowest BCUT2D eigenvalue weighted by Gasteiger charge is -2.04. The molecule has 0 aliphatic carbocycles. The van der Waals surface area contributed by atoms with Gasteiger partial charge in [0.1, 0.15) is 0 Å². The SMILES string of the molecule is CC(C)c1ccc2onc(CCBr)c2c1. The molecule has 2 rings (SSSR count). The maximum Gasteiger partial charge on any atom is 0.167 e. The fraction of sp³-hybridized carbons (Fsp3) is 0.417. The number of rotatable bonds is 3. The molecular formula is C12H14BrNO. The minimum Gasteiger partial charge on any atom is -0.356 e. The van der Waals surface area contributed by atoms with Crippen LogP contribution in [0.2, 0.25) is 0 Å². The lowest BCUT2D eigenvalue weighted by molar-refractivity contribution is 0.447. The zero-order chi connectivity index (χ0) is 10.8. The van der Waals surface area contributed by atoms with Crippen LogP contribution in [0.5, 0.6) is 0 Å². The van der Waals surface area contributed by atoms with Gasteiger partial charge in [-0.2, -0.15) is 0 Å². The van der Waals surface area contributed by atoms with Crippen molar-refractivity contribution in [2.45, 2.75) is 26.2 Å². The van der Waals surface area contributed by atoms with E-state index in [0.717, 1.165) is 28.4 Å². The Morgan fingerprint density at radius 2 is 2.20 bits per heavy atom. The molecule has 0 aliphatic rings. The topological polar surface area (TPSA) is 26.0 Å². The third kappa shape index (κ3) is 2.07. The van der Waals surface area contributed by atoms with Crippen molar-refractivity contribution in [2.75, 3.05) is 5.33 Å². The van der Waals surface area contributed by atoms with Gasteiger partial charge in [0, 0.05) is 17.1 Å². The van der Waals surface area contributed by atoms with Crippen LogP contribution in [-0.2, 0) is 6.42 Å². The van der Waals surface area contributed by atoms with E-state index in [1.807, 2.05) is 6.07 Å². The molecule has 0 atom stereocenters. The Kier molecular flexibility index (Phi) is 3.10. The highest BCUT2D eigenvalue weighted by Gasteiger charge is 2.09. The molecular weight excluding hydrogens is 254 g/mol. The van der Waals surface area contributed by atoms with Crippen molar-refractivity contribution in [1.82, 2.24) is 5.16 Å². The van der Waals surface area contributed by atoms with E-state index in [4.69, 9.17) is 4.52 Å². The number of benzene rings is 1. The molecule has 1 aromatic carbocycles. The molecule has 80 valence electrons. The summed E-state index contributed by atoms with van der Waals surface area (Å²) in [6.45, 7) is 4.39. The third-order valence-corrected chi connectivity index (χ3v) is 2.96. The summed E-state index contributed by atoms with van der Waals surface area (Å²) in [6, 6.07) is 6.31. The van der Waals surface area contributed by atoms with Gasteiger partial charge < -0.3 is 4.52 Å². The van der Waals surface area contributed by atoms with E-state index < -0.39 is 0 Å². The Hall–Kier alpha value is -0.830. The first kappa shape index (κ1) is 10.7. The van der Waals surface area contributed by atoms with Gasteiger partial charge in [0.05, 0.1) is 5.69 Å². The van der Waals surface area contributed by atoms with E-state index >= 15 is 0 Å². The van der Waals surface area contributed by atoms with Gasteiger partial charge in [0.2, 0.25) is 0 Å². The largest absolute Gasteiger partial charge is 0.356 e. The summed E-state index contributed by atoms with van der Waals surface area (Å²) in [5.41, 5.74) is 3.27. The molecule has 0 radical (unpaired) electrons. The molecule has 2 aromatic rings. The molecule has 1 aromatic heterocycles. The van der Waals surface area contributed by atoms with Crippen LogP contribution in [0.3, 0.4) is 0 Å². The predicted molar refractivity (Wildman–Crippen MR) is 65.6 cm³/mol. The van der Waals surface area contributed by atoms with Crippen molar-refractivity contribution in [1.29, 1.82) is 0 Å². The highest BCUT2D eigenvalue weighted by molar-refractivity contribution is 9.09. The number of alkyl halides is 1. The number of nitrogens with zero attached hydrogens (tertiary/aromatic N) is 1. The van der Waals surface area contributed by atoms with Crippen LogP contribution in [0.4, 0.5) is 0 Å². The second-order valence-corrected chi connectivity index (χ2v) is 4.77. The van der Waals surface area contributed by atoms with Crippen LogP contribution in [0.1, 0.15) is 31.0 Å². The number of hydrogen-bond donors (Lipinski definition) is 0. The first-order chi connectivity index (χ1) is 7.22. The Bertz CT molecular complexity index is 462. The van der Waals surface area contributed by atoms with E-state index in [1.54, 1.807) is 0 Å². The van der Waals surface area contributed by atoms with Crippen molar-refractivity contribution >= 4 is 26.9 Å². The van der Waals surface area contributed by atoms with Crippen LogP contribution < -0.4 is 0 Å². The fourth-order valence-electron chi connectivity index (χ4n) is 1.64. The summed E-state index contributed by atoms with van der Waals surface area (Å²) in [5.74, 6) is 0.543. The average molecular weight is 268 g/mol. The number of fused-ring (bicyclic) bond motifs is 1. The van der Waals surface area contributed by atoms with Crippen LogP contribution in [0, 0.1) is 0 Å². The van der Waals surface area contributed by atoms with Gasteiger partial charge in [-0.25, -0.2) is 0 Å². The minimum atomic E-state index is 0.543. The van der Waals surface area contributed by atoms with Crippen LogP contribution >= 0.6 is 15.9 Å². The van der Waals surface area contributed by atoms with Crippen molar-refractivity contribution in [3.63, 3.8) is 0 Å². The van der Waals surface area contributed by atoms with E-state index in [9.17, 15) is 0 Å². The molecule has 0 saturated heterocycles. The Morgan fingerprint density at radius 1 is 1.40 bits per heavy atom. The molecule has 0 N–H and O–H groups in total. The molecule has 0 amide bonds. The van der Waals surface area contributed by atoms with Crippen molar-refractivity contribution < 1.29 is 4.52 Å². The molecule has 0 spiro atoms. The normalized spacial score (nSPS) is 11.5. The summed E-state index contributed by atoms with van der Waals surface area (Å²) < 4.78 is 5.27. The lowest BCUT2D eigenvalue weighted by Crippen LogP contribution is -1.89. The number of aryl methyl sites for hydroxylation is 1. The summed E-state index contributed by atoms with van der Waals surface area (Å²) in [5, 5.41) is 6.15. The number of hydrogen-bond acceptors (Lipinski definition) is 2. The summed E-state index contributed by atoms with van der Waals surface area (Å²) in [4.78, 5) is 0. The molecule has 1 heterocycles. The molecule has 2 nitrogen and oxygen atoms in total. The van der Waals surface area contributed by atoms with E-state index in [-0.39, 0.29) is 0 Å². The average Bonchev–Trinajstić information content (AvgIpc) is 2.61. The zero-order valence-corrected chi connectivity index (χ0v) is 10.5. The Morgan fingerprint density at radius 3 is 2.87 bits per heavy atom. The van der Waals surface area contributed by atoms with E-state index in [0.29, 0.717) is 5.92 Å². The van der Waals surface area contributed by atoms with Crippen LogP contribution in [0.15, 0.2) is 22.7 Å². The molecule has 0 aliphatic heterocycles. The highest BCUT2D eigenvalue weighted by Crippen LogP contribution is 2.24. The van der Waals surface area contributed by atoms with Crippen LogP contribution in [0.25, 0.3) is 11.0 Å². The third-order valence-electron chi connectivity index (χ3n) is 2.57. The Labute approximate surface area is 97.8 Å². The summed E-state index contributed by atoms with van der Waals surface area (Å²) in [6.07, 6.45) is 0.911. The molecule has 0 unspecified atom stereocenters. The Balaban J connectivity index is 2.51. The minimum absolute atomic E-state index is 0.543. The van der Waals surface area contributed by atoms with E-state index in [1.165, 1.54) is 5.56 Å². The lowest BCUT2D eigenvalue weighted by atomic mass is 10.0. The molecule has 15 heavy (non-hydrogen) atoms. The van der Waals surface area contributed by atoms with Gasteiger partial charge in [-0.05, 0) is 23.6 Å². The van der Waals surface area contributed by atoms with Crippen molar-refractivity contribution in [3.8, 4) is 0 Å². The smallest absolute Gasteiger partial charge is 0.167 e. The van der Waals surface area contributed by atoms with Gasteiger partial charge in [-0.15, -0.1) is 0 Å². The second-order valence-electron chi connectivity index (χ2n) is 3.98. The molecule has 0 bridgehead atoms. The number of aromatic nitrogens is 1. The predicted octanol–water partition coefficient (Wildman–Crippen LogP) is 3.89. The first-order valence-corrected chi connectivity index (χ1v) is 6.28. The van der Waals surface area contributed by atoms with Crippen LogP contribution in [-0.4, -0.2) is 10.5 Å².